The van der Waals surface area contributed by atoms with Crippen LogP contribution in [0.5, 0.6) is 0 Å². The molecular weight excluding hydrogens is 252 g/mol. The van der Waals surface area contributed by atoms with Crippen molar-refractivity contribution >= 4 is 18.4 Å². The van der Waals surface area contributed by atoms with Crippen molar-refractivity contribution < 1.29 is 0 Å². The summed E-state index contributed by atoms with van der Waals surface area (Å²) in [6.07, 6.45) is 2.59. The Balaban J connectivity index is 4.46. The van der Waals surface area contributed by atoms with E-state index in [1.807, 2.05) is 0 Å². The third-order valence-electron chi connectivity index (χ3n) is 4.26. The fraction of sp³-hybridized carbons (Fsp3) is 1.00. The molecule has 0 aromatic carbocycles. The maximum atomic E-state index is 2.84. The predicted octanol–water partition coefficient (Wildman–Crippen LogP) is 2.09. The Hall–Kier alpha value is 0.354. The molecule has 110 valence electrons. The first-order valence-corrected chi connectivity index (χ1v) is 13.1. The van der Waals surface area contributed by atoms with Crippen LogP contribution in [0.25, 0.3) is 0 Å². The highest BCUT2D eigenvalue weighted by Crippen LogP contribution is 2.10. The first kappa shape index (κ1) is 18.4. The fourth-order valence-electron chi connectivity index (χ4n) is 2.68. The van der Waals surface area contributed by atoms with E-state index in [-0.39, 0.29) is 18.4 Å². The largest absolute Gasteiger partial charge is 0.326 e. The van der Waals surface area contributed by atoms with E-state index in [1.165, 1.54) is 12.8 Å². The summed E-state index contributed by atoms with van der Waals surface area (Å²) >= 11 is 0. The molecule has 0 aromatic rings. The molecule has 0 rings (SSSR count). The van der Waals surface area contributed by atoms with Crippen molar-refractivity contribution in [2.75, 3.05) is 0 Å². The highest BCUT2D eigenvalue weighted by molar-refractivity contribution is 6.97. The van der Waals surface area contributed by atoms with E-state index in [9.17, 15) is 0 Å². The molecule has 18 heavy (non-hydrogen) atoms. The fourth-order valence-corrected chi connectivity index (χ4v) is 12.7. The van der Waals surface area contributed by atoms with Crippen LogP contribution in [0.2, 0.25) is 0 Å². The van der Waals surface area contributed by atoms with E-state index in [4.69, 9.17) is 0 Å². The zero-order valence-corrected chi connectivity index (χ0v) is 16.9. The minimum absolute atomic E-state index is 0.0248. The van der Waals surface area contributed by atoms with Gasteiger partial charge in [-0.1, -0.05) is 55.4 Å². The van der Waals surface area contributed by atoms with Gasteiger partial charge in [-0.2, -0.15) is 0 Å². The third-order valence-corrected chi connectivity index (χ3v) is 11.9. The number of nitrogens with zero attached hydrogens (tertiary/aromatic N) is 2. The molecule has 0 spiro atoms. The topological polar surface area (TPSA) is 6.48 Å². The molecule has 0 fully saturated rings. The highest BCUT2D eigenvalue weighted by Gasteiger charge is 2.20. The molecule has 0 aromatic heterocycles. The molecule has 0 amide bonds. The van der Waals surface area contributed by atoms with Gasteiger partial charge in [-0.15, -0.1) is 0 Å². The third kappa shape index (κ3) is 6.00. The van der Waals surface area contributed by atoms with Crippen LogP contribution in [0.1, 0.15) is 68.2 Å². The Kier molecular flexibility index (Phi) is 9.47. The Labute approximate surface area is 120 Å². The molecule has 0 N–H and O–H groups in total. The SMILES string of the molecule is CCC(C)N([SiH2][SiH2]N(C(C)C)C(C)CC)C(C)C. The summed E-state index contributed by atoms with van der Waals surface area (Å²) < 4.78 is 5.67. The average molecular weight is 289 g/mol. The molecule has 2 unspecified atom stereocenters. The van der Waals surface area contributed by atoms with Gasteiger partial charge in [0.25, 0.3) is 0 Å². The molecule has 4 heteroatoms. The van der Waals surface area contributed by atoms with Crippen molar-refractivity contribution in [3.8, 4) is 0 Å². The molecule has 2 nitrogen and oxygen atoms in total. The lowest BCUT2D eigenvalue weighted by Crippen LogP contribution is -2.51. The van der Waals surface area contributed by atoms with Crippen molar-refractivity contribution in [3.05, 3.63) is 0 Å². The monoisotopic (exact) mass is 288 g/mol. The maximum Gasteiger partial charge on any atom is 0.0975 e. The molecular formula is C14H36N2Si2. The van der Waals surface area contributed by atoms with E-state index in [2.05, 4.69) is 64.5 Å². The molecule has 0 bridgehead atoms. The molecule has 2 atom stereocenters. The Morgan fingerprint density at radius 2 is 0.944 bits per heavy atom. The summed E-state index contributed by atoms with van der Waals surface area (Å²) in [6, 6.07) is 3.06. The maximum absolute atomic E-state index is 2.84. The van der Waals surface area contributed by atoms with Gasteiger partial charge in [0.05, 0.1) is 18.4 Å². The van der Waals surface area contributed by atoms with E-state index in [0.29, 0.717) is 0 Å². The van der Waals surface area contributed by atoms with Crippen LogP contribution >= 0.6 is 0 Å². The Morgan fingerprint density at radius 3 is 1.11 bits per heavy atom. The lowest BCUT2D eigenvalue weighted by molar-refractivity contribution is 0.279. The molecule has 0 saturated carbocycles. The lowest BCUT2D eigenvalue weighted by Gasteiger charge is -2.37. The van der Waals surface area contributed by atoms with Gasteiger partial charge in [0.1, 0.15) is 0 Å². The average Bonchev–Trinajstić information content (AvgIpc) is 2.31. The lowest BCUT2D eigenvalue weighted by atomic mass is 10.2. The van der Waals surface area contributed by atoms with Crippen LogP contribution in [0.4, 0.5) is 0 Å². The molecule has 0 aliphatic rings. The van der Waals surface area contributed by atoms with Crippen LogP contribution in [-0.2, 0) is 0 Å². The van der Waals surface area contributed by atoms with Gasteiger partial charge >= 0.3 is 0 Å². The van der Waals surface area contributed by atoms with Gasteiger partial charge < -0.3 is 9.13 Å². The number of hydrogen-bond donors (Lipinski definition) is 0. The van der Waals surface area contributed by atoms with Crippen molar-refractivity contribution in [1.82, 2.24) is 9.13 Å². The summed E-state index contributed by atoms with van der Waals surface area (Å²) in [6.45, 7) is 18.9. The standard InChI is InChI=1S/C14H36N2Si2/c1-9-13(7)15(11(3)4)17-18-16(12(5)6)14(8)10-2/h11-14H,9-10,17-18H2,1-8H3. The summed E-state index contributed by atoms with van der Waals surface area (Å²) in [4.78, 5) is 0. The minimum Gasteiger partial charge on any atom is -0.326 e. The van der Waals surface area contributed by atoms with Crippen molar-refractivity contribution in [2.45, 2.75) is 92.4 Å². The van der Waals surface area contributed by atoms with Crippen LogP contribution in [0, 0.1) is 0 Å². The van der Waals surface area contributed by atoms with E-state index in [1.54, 1.807) is 0 Å². The van der Waals surface area contributed by atoms with Crippen LogP contribution < -0.4 is 0 Å². The minimum atomic E-state index is -0.0248. The van der Waals surface area contributed by atoms with Crippen molar-refractivity contribution in [3.63, 3.8) is 0 Å². The molecule has 0 aliphatic heterocycles. The molecule has 0 saturated heterocycles. The number of hydrogen-bond acceptors (Lipinski definition) is 2. The zero-order chi connectivity index (χ0) is 14.3. The number of rotatable bonds is 9. The van der Waals surface area contributed by atoms with Gasteiger partial charge in [0.2, 0.25) is 0 Å². The van der Waals surface area contributed by atoms with Gasteiger partial charge in [0.15, 0.2) is 0 Å². The molecule has 0 aliphatic carbocycles. The molecule has 0 heterocycles. The molecule has 0 radical (unpaired) electrons. The second kappa shape index (κ2) is 9.29. The van der Waals surface area contributed by atoms with E-state index < -0.39 is 0 Å². The van der Waals surface area contributed by atoms with Crippen LogP contribution in [0.15, 0.2) is 0 Å². The predicted molar refractivity (Wildman–Crippen MR) is 90.5 cm³/mol. The smallest absolute Gasteiger partial charge is 0.0975 e. The summed E-state index contributed by atoms with van der Waals surface area (Å²) in [7, 11) is -0.0497. The second-order valence-corrected chi connectivity index (χ2v) is 11.2. The summed E-state index contributed by atoms with van der Waals surface area (Å²) in [5.41, 5.74) is 0. The van der Waals surface area contributed by atoms with Gasteiger partial charge in [-0.25, -0.2) is 0 Å². The van der Waals surface area contributed by atoms with Gasteiger partial charge in [-0.05, 0) is 37.0 Å². The van der Waals surface area contributed by atoms with Gasteiger partial charge in [-0.3, -0.25) is 0 Å². The van der Waals surface area contributed by atoms with E-state index >= 15 is 0 Å². The first-order valence-electron chi connectivity index (χ1n) is 7.86. The Bertz CT molecular complexity index is 188. The quantitative estimate of drug-likeness (QED) is 0.600. The van der Waals surface area contributed by atoms with Crippen LogP contribution in [-0.4, -0.2) is 51.7 Å². The van der Waals surface area contributed by atoms with Crippen LogP contribution in [0.3, 0.4) is 0 Å². The zero-order valence-electron chi connectivity index (χ0n) is 14.0. The van der Waals surface area contributed by atoms with Gasteiger partial charge in [0, 0.05) is 0 Å². The van der Waals surface area contributed by atoms with Crippen molar-refractivity contribution in [1.29, 1.82) is 0 Å². The highest BCUT2D eigenvalue weighted by atomic mass is 29.2. The first-order chi connectivity index (χ1) is 8.34. The Morgan fingerprint density at radius 1 is 0.667 bits per heavy atom. The summed E-state index contributed by atoms with van der Waals surface area (Å²) in [5, 5.41) is 0. The van der Waals surface area contributed by atoms with E-state index in [0.717, 1.165) is 24.2 Å². The normalized spacial score (nSPS) is 17.3. The van der Waals surface area contributed by atoms with Crippen molar-refractivity contribution in [2.24, 2.45) is 0 Å². The summed E-state index contributed by atoms with van der Waals surface area (Å²) in [5.74, 6) is 0. The second-order valence-electron chi connectivity index (χ2n) is 6.18.